The van der Waals surface area contributed by atoms with E-state index in [4.69, 9.17) is 38.4 Å². The molecule has 0 aliphatic heterocycles. The van der Waals surface area contributed by atoms with E-state index in [0.717, 1.165) is 0 Å². The molecular formula is C18H16Cl2N4O5. The Hall–Kier alpha value is -3.30. The van der Waals surface area contributed by atoms with Gasteiger partial charge in [0.05, 0.1) is 13.3 Å². The Balaban J connectivity index is 1.96. The summed E-state index contributed by atoms with van der Waals surface area (Å²) in [5.74, 6) is -1.93. The molecule has 0 aliphatic carbocycles. The van der Waals surface area contributed by atoms with Gasteiger partial charge in [-0.2, -0.15) is 5.10 Å². The maximum atomic E-state index is 11.9. The summed E-state index contributed by atoms with van der Waals surface area (Å²) in [5, 5.41) is 6.68. The molecule has 11 heteroatoms. The lowest BCUT2D eigenvalue weighted by Gasteiger charge is -2.09. The Morgan fingerprint density at radius 3 is 2.38 bits per heavy atom. The molecule has 2 aromatic carbocycles. The third-order valence-electron chi connectivity index (χ3n) is 3.26. The number of amides is 3. The van der Waals surface area contributed by atoms with Crippen LogP contribution in [-0.4, -0.2) is 37.7 Å². The molecule has 0 fully saturated rings. The van der Waals surface area contributed by atoms with Gasteiger partial charge < -0.3 is 20.5 Å². The average Bonchev–Trinajstić information content (AvgIpc) is 2.65. The van der Waals surface area contributed by atoms with Crippen molar-refractivity contribution in [3.8, 4) is 11.5 Å². The number of carbonyl (C=O) groups is 3. The molecular weight excluding hydrogens is 423 g/mol. The average molecular weight is 439 g/mol. The van der Waals surface area contributed by atoms with Crippen molar-refractivity contribution in [3.63, 3.8) is 0 Å². The number of halogens is 2. The van der Waals surface area contributed by atoms with Gasteiger partial charge in [0.1, 0.15) is 0 Å². The number of hydrogen-bond acceptors (Lipinski definition) is 6. The molecule has 0 unspecified atom stereocenters. The molecule has 0 saturated carbocycles. The van der Waals surface area contributed by atoms with Gasteiger partial charge in [-0.1, -0.05) is 23.2 Å². The number of primary amides is 1. The minimum absolute atomic E-state index is 0.267. The monoisotopic (exact) mass is 438 g/mol. The van der Waals surface area contributed by atoms with Crippen LogP contribution in [0.1, 0.15) is 5.56 Å². The van der Waals surface area contributed by atoms with E-state index in [-0.39, 0.29) is 12.3 Å². The van der Waals surface area contributed by atoms with Crippen LogP contribution in [0, 0.1) is 0 Å². The SMILES string of the molecule is COc1cc(/C=N/NC(=O)C(=O)Nc2cc(Cl)cc(Cl)c2)ccc1OCC(N)=O. The van der Waals surface area contributed by atoms with E-state index >= 15 is 0 Å². The molecule has 0 radical (unpaired) electrons. The number of ether oxygens (including phenoxy) is 2. The maximum Gasteiger partial charge on any atom is 0.329 e. The second-order valence-electron chi connectivity index (χ2n) is 5.48. The topological polar surface area (TPSA) is 132 Å². The van der Waals surface area contributed by atoms with Crippen LogP contribution in [0.4, 0.5) is 5.69 Å². The fraction of sp³-hybridized carbons (Fsp3) is 0.111. The number of benzene rings is 2. The van der Waals surface area contributed by atoms with E-state index in [1.165, 1.54) is 31.5 Å². The van der Waals surface area contributed by atoms with Crippen LogP contribution in [-0.2, 0) is 14.4 Å². The van der Waals surface area contributed by atoms with E-state index in [9.17, 15) is 14.4 Å². The van der Waals surface area contributed by atoms with Crippen LogP contribution in [0.25, 0.3) is 0 Å². The molecule has 0 heterocycles. The van der Waals surface area contributed by atoms with Gasteiger partial charge in [-0.3, -0.25) is 14.4 Å². The molecule has 152 valence electrons. The zero-order valence-electron chi connectivity index (χ0n) is 15.1. The first kappa shape index (κ1) is 22.0. The van der Waals surface area contributed by atoms with E-state index in [0.29, 0.717) is 27.1 Å². The zero-order valence-corrected chi connectivity index (χ0v) is 16.6. The second-order valence-corrected chi connectivity index (χ2v) is 6.35. The van der Waals surface area contributed by atoms with Crippen LogP contribution in [0.3, 0.4) is 0 Å². The Morgan fingerprint density at radius 1 is 1.07 bits per heavy atom. The maximum absolute atomic E-state index is 11.9. The highest BCUT2D eigenvalue weighted by molar-refractivity contribution is 6.40. The number of nitrogens with zero attached hydrogens (tertiary/aromatic N) is 1. The molecule has 0 atom stereocenters. The molecule has 2 rings (SSSR count). The normalized spacial score (nSPS) is 10.4. The smallest absolute Gasteiger partial charge is 0.329 e. The number of rotatable bonds is 7. The van der Waals surface area contributed by atoms with Gasteiger partial charge in [0.15, 0.2) is 18.1 Å². The quantitative estimate of drug-likeness (QED) is 0.345. The van der Waals surface area contributed by atoms with Gasteiger partial charge in [0.25, 0.3) is 5.91 Å². The van der Waals surface area contributed by atoms with Crippen molar-refractivity contribution in [2.45, 2.75) is 0 Å². The first-order chi connectivity index (χ1) is 13.8. The molecule has 9 nitrogen and oxygen atoms in total. The van der Waals surface area contributed by atoms with Crippen LogP contribution >= 0.6 is 23.2 Å². The Morgan fingerprint density at radius 2 is 1.76 bits per heavy atom. The molecule has 0 aliphatic rings. The molecule has 3 amide bonds. The number of carbonyl (C=O) groups excluding carboxylic acids is 3. The predicted molar refractivity (Wildman–Crippen MR) is 109 cm³/mol. The number of methoxy groups -OCH3 is 1. The number of anilines is 1. The third-order valence-corrected chi connectivity index (χ3v) is 3.70. The summed E-state index contributed by atoms with van der Waals surface area (Å²) in [6.45, 7) is -0.299. The lowest BCUT2D eigenvalue weighted by molar-refractivity contribution is -0.136. The van der Waals surface area contributed by atoms with Crippen molar-refractivity contribution < 1.29 is 23.9 Å². The van der Waals surface area contributed by atoms with Crippen molar-refractivity contribution >= 4 is 52.8 Å². The van der Waals surface area contributed by atoms with Gasteiger partial charge in [-0.15, -0.1) is 0 Å². The summed E-state index contributed by atoms with van der Waals surface area (Å²) in [6, 6.07) is 9.07. The highest BCUT2D eigenvalue weighted by atomic mass is 35.5. The molecule has 29 heavy (non-hydrogen) atoms. The van der Waals surface area contributed by atoms with Crippen LogP contribution in [0.5, 0.6) is 11.5 Å². The molecule has 0 bridgehead atoms. The highest BCUT2D eigenvalue weighted by Crippen LogP contribution is 2.27. The van der Waals surface area contributed by atoms with Crippen LogP contribution < -0.4 is 25.9 Å². The number of nitrogens with one attached hydrogen (secondary N) is 2. The standard InChI is InChI=1S/C18H16Cl2N4O5/c1-28-15-4-10(2-3-14(15)29-9-16(21)25)8-22-24-18(27)17(26)23-13-6-11(19)5-12(20)7-13/h2-8H,9H2,1H3,(H2,21,25)(H,23,26)(H,24,27)/b22-8+. The van der Waals surface area contributed by atoms with Crippen LogP contribution in [0.15, 0.2) is 41.5 Å². The summed E-state index contributed by atoms with van der Waals surface area (Å²) in [7, 11) is 1.42. The van der Waals surface area contributed by atoms with Gasteiger partial charge in [-0.25, -0.2) is 5.43 Å². The van der Waals surface area contributed by atoms with Crippen molar-refractivity contribution in [2.24, 2.45) is 10.8 Å². The zero-order chi connectivity index (χ0) is 21.4. The summed E-state index contributed by atoms with van der Waals surface area (Å²) in [6.07, 6.45) is 1.29. The third kappa shape index (κ3) is 6.98. The first-order valence-corrected chi connectivity index (χ1v) is 8.73. The van der Waals surface area contributed by atoms with Gasteiger partial charge in [0.2, 0.25) is 0 Å². The number of nitrogens with two attached hydrogens (primary N) is 1. The summed E-state index contributed by atoms with van der Waals surface area (Å²) in [4.78, 5) is 34.5. The second kappa shape index (κ2) is 10.3. The molecule has 0 aromatic heterocycles. The fourth-order valence-corrected chi connectivity index (χ4v) is 2.59. The molecule has 0 saturated heterocycles. The molecule has 4 N–H and O–H groups in total. The molecule has 0 spiro atoms. The Bertz CT molecular complexity index is 945. The minimum atomic E-state index is -0.995. The Kier molecular flexibility index (Phi) is 7.81. The summed E-state index contributed by atoms with van der Waals surface area (Å²) in [5.41, 5.74) is 7.93. The Labute approximate surface area is 175 Å². The highest BCUT2D eigenvalue weighted by Gasteiger charge is 2.13. The number of hydrazone groups is 1. The van der Waals surface area contributed by atoms with Gasteiger partial charge in [-0.05, 0) is 42.0 Å². The van der Waals surface area contributed by atoms with Gasteiger partial charge >= 0.3 is 11.8 Å². The minimum Gasteiger partial charge on any atom is -0.493 e. The first-order valence-electron chi connectivity index (χ1n) is 7.98. The van der Waals surface area contributed by atoms with Crippen molar-refractivity contribution in [3.05, 3.63) is 52.0 Å². The predicted octanol–water partition coefficient (Wildman–Crippen LogP) is 1.95. The van der Waals surface area contributed by atoms with Crippen LogP contribution in [0.2, 0.25) is 10.0 Å². The lowest BCUT2D eigenvalue weighted by Crippen LogP contribution is -2.32. The fourth-order valence-electron chi connectivity index (χ4n) is 2.06. The summed E-state index contributed by atoms with van der Waals surface area (Å²) < 4.78 is 10.4. The van der Waals surface area contributed by atoms with E-state index < -0.39 is 17.7 Å². The summed E-state index contributed by atoms with van der Waals surface area (Å²) >= 11 is 11.7. The van der Waals surface area contributed by atoms with Crippen molar-refractivity contribution in [2.75, 3.05) is 19.0 Å². The molecule has 2 aromatic rings. The van der Waals surface area contributed by atoms with Crippen molar-refractivity contribution in [1.82, 2.24) is 5.43 Å². The van der Waals surface area contributed by atoms with Gasteiger partial charge in [0, 0.05) is 15.7 Å². The largest absolute Gasteiger partial charge is 0.493 e. The van der Waals surface area contributed by atoms with E-state index in [1.807, 2.05) is 0 Å². The number of hydrogen-bond donors (Lipinski definition) is 3. The van der Waals surface area contributed by atoms with E-state index in [1.54, 1.807) is 18.2 Å². The van der Waals surface area contributed by atoms with Crippen molar-refractivity contribution in [1.29, 1.82) is 0 Å². The van der Waals surface area contributed by atoms with E-state index in [2.05, 4.69) is 15.8 Å². The lowest BCUT2D eigenvalue weighted by atomic mass is 10.2.